The number of nitrogens with zero attached hydrogens (tertiary/aromatic N) is 6. The van der Waals surface area contributed by atoms with E-state index >= 15 is 0 Å². The fourth-order valence-electron chi connectivity index (χ4n) is 2.93. The van der Waals surface area contributed by atoms with Crippen molar-refractivity contribution < 1.29 is 13.5 Å². The maximum absolute atomic E-state index is 13.7. The summed E-state index contributed by atoms with van der Waals surface area (Å²) in [5.41, 5.74) is 0.349. The first kappa shape index (κ1) is 14.9. The zero-order chi connectivity index (χ0) is 16.7. The van der Waals surface area contributed by atoms with Gasteiger partial charge in [0.15, 0.2) is 17.5 Å². The monoisotopic (exact) mass is 332 g/mol. The second-order valence-electron chi connectivity index (χ2n) is 5.56. The van der Waals surface area contributed by atoms with Crippen molar-refractivity contribution in [2.75, 3.05) is 24.7 Å². The highest BCUT2D eigenvalue weighted by Gasteiger charge is 2.30. The minimum atomic E-state index is -0.932. The molecule has 0 spiro atoms. The third-order valence-electron chi connectivity index (χ3n) is 4.10. The van der Waals surface area contributed by atoms with E-state index in [0.717, 1.165) is 12.1 Å². The first-order valence-electron chi connectivity index (χ1n) is 7.43. The SMILES string of the molecule is Cn1cnnc1C1COCCN1c1ncnc2cc(F)c(F)cc12. The van der Waals surface area contributed by atoms with Crippen LogP contribution in [0.2, 0.25) is 0 Å². The number of rotatable bonds is 2. The molecule has 1 atom stereocenters. The summed E-state index contributed by atoms with van der Waals surface area (Å²) in [6.45, 7) is 1.45. The Labute approximate surface area is 135 Å². The van der Waals surface area contributed by atoms with Gasteiger partial charge in [-0.05, 0) is 6.07 Å². The van der Waals surface area contributed by atoms with Crippen LogP contribution in [0.4, 0.5) is 14.6 Å². The predicted molar refractivity (Wildman–Crippen MR) is 81.4 cm³/mol. The third-order valence-corrected chi connectivity index (χ3v) is 4.10. The predicted octanol–water partition coefficient (Wildman–Crippen LogP) is 1.61. The Morgan fingerprint density at radius 2 is 2.04 bits per heavy atom. The Morgan fingerprint density at radius 1 is 1.21 bits per heavy atom. The van der Waals surface area contributed by atoms with Gasteiger partial charge in [0.2, 0.25) is 0 Å². The first-order chi connectivity index (χ1) is 11.6. The Kier molecular flexibility index (Phi) is 3.57. The van der Waals surface area contributed by atoms with Gasteiger partial charge in [-0.15, -0.1) is 10.2 Å². The van der Waals surface area contributed by atoms with E-state index in [2.05, 4.69) is 20.2 Å². The van der Waals surface area contributed by atoms with E-state index in [1.807, 2.05) is 11.9 Å². The van der Waals surface area contributed by atoms with Crippen LogP contribution in [0.5, 0.6) is 0 Å². The van der Waals surface area contributed by atoms with Gasteiger partial charge in [0, 0.05) is 25.0 Å². The van der Waals surface area contributed by atoms with Gasteiger partial charge in [-0.3, -0.25) is 0 Å². The molecule has 1 aliphatic heterocycles. The maximum Gasteiger partial charge on any atom is 0.161 e. The van der Waals surface area contributed by atoms with Crippen LogP contribution in [-0.2, 0) is 11.8 Å². The Bertz CT molecular complexity index is 899. The molecule has 7 nitrogen and oxygen atoms in total. The molecule has 1 saturated heterocycles. The molecule has 0 amide bonds. The fraction of sp³-hybridized carbons (Fsp3) is 0.333. The van der Waals surface area contributed by atoms with Gasteiger partial charge in [0.25, 0.3) is 0 Å². The molecule has 1 aliphatic rings. The van der Waals surface area contributed by atoms with Crippen LogP contribution in [-0.4, -0.2) is 44.5 Å². The molecule has 1 unspecified atom stereocenters. The number of anilines is 1. The molecule has 0 radical (unpaired) electrons. The normalized spacial score (nSPS) is 18.3. The summed E-state index contributed by atoms with van der Waals surface area (Å²) in [7, 11) is 1.84. The summed E-state index contributed by atoms with van der Waals surface area (Å²) in [4.78, 5) is 10.3. The number of aryl methyl sites for hydroxylation is 1. The van der Waals surface area contributed by atoms with Crippen molar-refractivity contribution in [1.82, 2.24) is 24.7 Å². The van der Waals surface area contributed by atoms with Crippen LogP contribution >= 0.6 is 0 Å². The highest BCUT2D eigenvalue weighted by molar-refractivity contribution is 5.89. The van der Waals surface area contributed by atoms with Crippen LogP contribution < -0.4 is 4.90 Å². The molecule has 3 heterocycles. The summed E-state index contributed by atoms with van der Waals surface area (Å²) in [6.07, 6.45) is 2.95. The van der Waals surface area contributed by atoms with E-state index in [0.29, 0.717) is 42.3 Å². The van der Waals surface area contributed by atoms with Crippen LogP contribution in [0.15, 0.2) is 24.8 Å². The lowest BCUT2D eigenvalue weighted by Gasteiger charge is -2.36. The van der Waals surface area contributed by atoms with E-state index in [1.165, 1.54) is 6.33 Å². The van der Waals surface area contributed by atoms with Crippen LogP contribution in [0.25, 0.3) is 10.9 Å². The average Bonchev–Trinajstić information content (AvgIpc) is 3.01. The number of hydrogen-bond donors (Lipinski definition) is 0. The lowest BCUT2D eigenvalue weighted by Crippen LogP contribution is -2.41. The number of fused-ring (bicyclic) bond motifs is 1. The molecule has 3 aromatic rings. The lowest BCUT2D eigenvalue weighted by atomic mass is 10.1. The summed E-state index contributed by atoms with van der Waals surface area (Å²) >= 11 is 0. The first-order valence-corrected chi connectivity index (χ1v) is 7.43. The van der Waals surface area contributed by atoms with E-state index in [4.69, 9.17) is 4.74 Å². The van der Waals surface area contributed by atoms with E-state index in [9.17, 15) is 8.78 Å². The van der Waals surface area contributed by atoms with Gasteiger partial charge in [-0.25, -0.2) is 18.7 Å². The molecule has 1 aromatic carbocycles. The van der Waals surface area contributed by atoms with Gasteiger partial charge in [0.1, 0.15) is 24.5 Å². The number of aromatic nitrogens is 5. The van der Waals surface area contributed by atoms with Crippen molar-refractivity contribution in [3.05, 3.63) is 42.2 Å². The summed E-state index contributed by atoms with van der Waals surface area (Å²) in [6, 6.07) is 1.98. The van der Waals surface area contributed by atoms with E-state index < -0.39 is 11.6 Å². The van der Waals surface area contributed by atoms with Crippen LogP contribution in [0.1, 0.15) is 11.9 Å². The van der Waals surface area contributed by atoms with E-state index in [-0.39, 0.29) is 6.04 Å². The molecular weight excluding hydrogens is 318 g/mol. The largest absolute Gasteiger partial charge is 0.377 e. The highest BCUT2D eigenvalue weighted by Crippen LogP contribution is 2.32. The van der Waals surface area contributed by atoms with Crippen molar-refractivity contribution in [2.24, 2.45) is 7.05 Å². The molecule has 24 heavy (non-hydrogen) atoms. The molecule has 124 valence electrons. The van der Waals surface area contributed by atoms with E-state index in [1.54, 1.807) is 10.9 Å². The molecule has 4 rings (SSSR count). The van der Waals surface area contributed by atoms with Crippen molar-refractivity contribution in [3.8, 4) is 0 Å². The number of hydrogen-bond acceptors (Lipinski definition) is 6. The van der Waals surface area contributed by atoms with Gasteiger partial charge >= 0.3 is 0 Å². The van der Waals surface area contributed by atoms with Gasteiger partial charge < -0.3 is 14.2 Å². The summed E-state index contributed by atoms with van der Waals surface area (Å²) < 4.78 is 34.6. The topological polar surface area (TPSA) is 69.0 Å². The summed E-state index contributed by atoms with van der Waals surface area (Å²) in [5.74, 6) is -0.625. The maximum atomic E-state index is 13.7. The third kappa shape index (κ3) is 2.37. The number of benzene rings is 1. The fourth-order valence-corrected chi connectivity index (χ4v) is 2.93. The van der Waals surface area contributed by atoms with Crippen LogP contribution in [0, 0.1) is 11.6 Å². The second-order valence-corrected chi connectivity index (χ2v) is 5.56. The minimum absolute atomic E-state index is 0.225. The Balaban J connectivity index is 1.85. The van der Waals surface area contributed by atoms with Gasteiger partial charge in [-0.2, -0.15) is 0 Å². The number of ether oxygens (including phenoxy) is 1. The zero-order valence-electron chi connectivity index (χ0n) is 12.9. The highest BCUT2D eigenvalue weighted by atomic mass is 19.2. The quantitative estimate of drug-likeness (QED) is 0.710. The van der Waals surface area contributed by atoms with Crippen LogP contribution in [0.3, 0.4) is 0 Å². The molecule has 0 saturated carbocycles. The second kappa shape index (κ2) is 5.75. The van der Waals surface area contributed by atoms with Crippen molar-refractivity contribution >= 4 is 16.7 Å². The summed E-state index contributed by atoms with van der Waals surface area (Å²) in [5, 5.41) is 8.49. The molecule has 0 N–H and O–H groups in total. The minimum Gasteiger partial charge on any atom is -0.377 e. The van der Waals surface area contributed by atoms with Crippen molar-refractivity contribution in [3.63, 3.8) is 0 Å². The molecule has 0 aliphatic carbocycles. The smallest absolute Gasteiger partial charge is 0.161 e. The molecule has 2 aromatic heterocycles. The lowest BCUT2D eigenvalue weighted by molar-refractivity contribution is 0.0905. The van der Waals surface area contributed by atoms with Gasteiger partial charge in [-0.1, -0.05) is 0 Å². The van der Waals surface area contributed by atoms with Crippen molar-refractivity contribution in [1.29, 1.82) is 0 Å². The number of morpholine rings is 1. The molecular formula is C15H14F2N6O. The standard InChI is InChI=1S/C15H14F2N6O/c1-22-8-20-21-15(22)13-6-24-3-2-23(13)14-9-4-10(16)11(17)5-12(9)18-7-19-14/h4-5,7-8,13H,2-3,6H2,1H3. The zero-order valence-corrected chi connectivity index (χ0v) is 12.9. The molecule has 9 heteroatoms. The Morgan fingerprint density at radius 3 is 2.83 bits per heavy atom. The number of halogens is 2. The Hall–Kier alpha value is -2.68. The average molecular weight is 332 g/mol. The molecule has 1 fully saturated rings. The molecule has 0 bridgehead atoms. The van der Waals surface area contributed by atoms with Gasteiger partial charge in [0.05, 0.1) is 18.7 Å². The van der Waals surface area contributed by atoms with Crippen molar-refractivity contribution in [2.45, 2.75) is 6.04 Å².